The molecule has 1 aliphatic rings. The van der Waals surface area contributed by atoms with E-state index in [-0.39, 0.29) is 5.91 Å². The van der Waals surface area contributed by atoms with Crippen molar-refractivity contribution in [2.75, 3.05) is 38.2 Å². The molecule has 5 nitrogen and oxygen atoms in total. The van der Waals surface area contributed by atoms with Crippen LogP contribution >= 0.6 is 0 Å². The van der Waals surface area contributed by atoms with Crippen LogP contribution in [0.2, 0.25) is 0 Å². The second-order valence-electron chi connectivity index (χ2n) is 9.33. The number of hydrogen-bond acceptors (Lipinski definition) is 4. The van der Waals surface area contributed by atoms with Gasteiger partial charge < -0.3 is 14.5 Å². The molecule has 1 amide bonds. The van der Waals surface area contributed by atoms with Gasteiger partial charge in [0.05, 0.1) is 29.6 Å². The van der Waals surface area contributed by atoms with E-state index in [1.807, 2.05) is 35.2 Å². The van der Waals surface area contributed by atoms with E-state index in [1.54, 1.807) is 7.11 Å². The SMILES string of the molecule is COc1ccccc1N1CCN(C(=O)c2cc(-c3ccc(C)c(C)c3)nc3ccc(C)cc23)CC1. The fourth-order valence-corrected chi connectivity index (χ4v) is 4.78. The Hall–Kier alpha value is -3.86. The molecule has 4 aromatic rings. The molecule has 0 atom stereocenters. The lowest BCUT2D eigenvalue weighted by molar-refractivity contribution is 0.0748. The number of anilines is 1. The molecule has 0 bridgehead atoms. The van der Waals surface area contributed by atoms with Gasteiger partial charge in [0.1, 0.15) is 5.75 Å². The quantitative estimate of drug-likeness (QED) is 0.382. The molecular formula is C30H31N3O2. The average molecular weight is 466 g/mol. The minimum Gasteiger partial charge on any atom is -0.495 e. The summed E-state index contributed by atoms with van der Waals surface area (Å²) in [7, 11) is 1.70. The smallest absolute Gasteiger partial charge is 0.254 e. The second-order valence-corrected chi connectivity index (χ2v) is 9.33. The zero-order valence-electron chi connectivity index (χ0n) is 20.8. The Morgan fingerprint density at radius 3 is 2.37 bits per heavy atom. The summed E-state index contributed by atoms with van der Waals surface area (Å²) in [5, 5.41) is 0.912. The Bertz CT molecular complexity index is 1400. The normalized spacial score (nSPS) is 13.8. The van der Waals surface area contributed by atoms with Gasteiger partial charge in [0, 0.05) is 37.1 Å². The van der Waals surface area contributed by atoms with E-state index >= 15 is 0 Å². The van der Waals surface area contributed by atoms with Gasteiger partial charge in [-0.25, -0.2) is 4.98 Å². The summed E-state index contributed by atoms with van der Waals surface area (Å²) < 4.78 is 5.54. The van der Waals surface area contributed by atoms with E-state index in [9.17, 15) is 4.79 Å². The number of amides is 1. The Balaban J connectivity index is 1.47. The molecule has 0 N–H and O–H groups in total. The van der Waals surface area contributed by atoms with Gasteiger partial charge in [-0.1, -0.05) is 35.9 Å². The molecule has 2 heterocycles. The van der Waals surface area contributed by atoms with Crippen LogP contribution in [0, 0.1) is 20.8 Å². The van der Waals surface area contributed by atoms with Gasteiger partial charge in [0.25, 0.3) is 5.91 Å². The first kappa shape index (κ1) is 22.9. The molecule has 3 aromatic carbocycles. The van der Waals surface area contributed by atoms with Crippen LogP contribution in [0.1, 0.15) is 27.0 Å². The first-order valence-corrected chi connectivity index (χ1v) is 12.1. The number of para-hydroxylation sites is 2. The van der Waals surface area contributed by atoms with Gasteiger partial charge in [-0.15, -0.1) is 0 Å². The minimum atomic E-state index is 0.0627. The standard InChI is InChI=1S/C30H31N3O2/c1-20-9-12-26-24(17-20)25(19-27(31-26)23-11-10-21(2)22(3)18-23)30(34)33-15-13-32(14-16-33)28-7-5-6-8-29(28)35-4/h5-12,17-19H,13-16H2,1-4H3. The van der Waals surface area contributed by atoms with Crippen molar-refractivity contribution in [1.29, 1.82) is 0 Å². The first-order chi connectivity index (χ1) is 16.9. The van der Waals surface area contributed by atoms with E-state index in [1.165, 1.54) is 11.1 Å². The van der Waals surface area contributed by atoms with Crippen LogP contribution in [0.25, 0.3) is 22.2 Å². The molecule has 0 aliphatic carbocycles. The fourth-order valence-electron chi connectivity index (χ4n) is 4.78. The third-order valence-corrected chi connectivity index (χ3v) is 6.99. The van der Waals surface area contributed by atoms with Crippen LogP contribution < -0.4 is 9.64 Å². The van der Waals surface area contributed by atoms with Crippen molar-refractivity contribution in [2.45, 2.75) is 20.8 Å². The van der Waals surface area contributed by atoms with Gasteiger partial charge in [-0.2, -0.15) is 0 Å². The van der Waals surface area contributed by atoms with Crippen LogP contribution in [-0.4, -0.2) is 49.1 Å². The molecule has 0 unspecified atom stereocenters. The summed E-state index contributed by atoms with van der Waals surface area (Å²) in [6.07, 6.45) is 0. The summed E-state index contributed by atoms with van der Waals surface area (Å²) in [5.74, 6) is 0.925. The average Bonchev–Trinajstić information content (AvgIpc) is 2.89. The predicted molar refractivity (Wildman–Crippen MR) is 143 cm³/mol. The van der Waals surface area contributed by atoms with Gasteiger partial charge >= 0.3 is 0 Å². The summed E-state index contributed by atoms with van der Waals surface area (Å²) in [6, 6.07) is 22.5. The molecule has 35 heavy (non-hydrogen) atoms. The molecule has 1 saturated heterocycles. The van der Waals surface area contributed by atoms with Crippen LogP contribution in [0.4, 0.5) is 5.69 Å². The number of pyridine rings is 1. The van der Waals surface area contributed by atoms with Crippen molar-refractivity contribution in [3.05, 3.63) is 89.0 Å². The first-order valence-electron chi connectivity index (χ1n) is 12.1. The maximum Gasteiger partial charge on any atom is 0.254 e. The van der Waals surface area contributed by atoms with Crippen molar-refractivity contribution in [2.24, 2.45) is 0 Å². The Kier molecular flexibility index (Phi) is 6.16. The Labute approximate surface area is 207 Å². The van der Waals surface area contributed by atoms with Crippen molar-refractivity contribution in [3.63, 3.8) is 0 Å². The van der Waals surface area contributed by atoms with Gasteiger partial charge in [-0.3, -0.25) is 4.79 Å². The molecular weight excluding hydrogens is 434 g/mol. The number of nitrogens with zero attached hydrogens (tertiary/aromatic N) is 3. The Morgan fingerprint density at radius 2 is 1.63 bits per heavy atom. The van der Waals surface area contributed by atoms with Gasteiger partial charge in [0.15, 0.2) is 0 Å². The number of carbonyl (C=O) groups is 1. The molecule has 178 valence electrons. The lowest BCUT2D eigenvalue weighted by Crippen LogP contribution is -2.49. The van der Waals surface area contributed by atoms with Crippen LogP contribution in [0.3, 0.4) is 0 Å². The number of piperazine rings is 1. The zero-order chi connectivity index (χ0) is 24.5. The molecule has 1 aromatic heterocycles. The third kappa shape index (κ3) is 4.46. The van der Waals surface area contributed by atoms with E-state index in [2.05, 4.69) is 62.1 Å². The third-order valence-electron chi connectivity index (χ3n) is 6.99. The monoisotopic (exact) mass is 465 g/mol. The van der Waals surface area contributed by atoms with Crippen LogP contribution in [0.15, 0.2) is 66.7 Å². The number of hydrogen-bond donors (Lipinski definition) is 0. The van der Waals surface area contributed by atoms with Gasteiger partial charge in [-0.05, 0) is 68.3 Å². The highest BCUT2D eigenvalue weighted by Crippen LogP contribution is 2.30. The number of rotatable bonds is 4. The lowest BCUT2D eigenvalue weighted by atomic mass is 9.99. The predicted octanol–water partition coefficient (Wildman–Crippen LogP) is 5.80. The molecule has 0 radical (unpaired) electrons. The molecule has 5 rings (SSSR count). The summed E-state index contributed by atoms with van der Waals surface area (Å²) in [6.45, 7) is 9.11. The van der Waals surface area contributed by atoms with Crippen molar-refractivity contribution in [1.82, 2.24) is 9.88 Å². The topological polar surface area (TPSA) is 45.7 Å². The molecule has 0 spiro atoms. The highest BCUT2D eigenvalue weighted by molar-refractivity contribution is 6.07. The van der Waals surface area contributed by atoms with E-state index in [0.717, 1.165) is 57.8 Å². The van der Waals surface area contributed by atoms with E-state index < -0.39 is 0 Å². The van der Waals surface area contributed by atoms with Crippen LogP contribution in [-0.2, 0) is 0 Å². The van der Waals surface area contributed by atoms with E-state index in [4.69, 9.17) is 9.72 Å². The summed E-state index contributed by atoms with van der Waals surface area (Å²) >= 11 is 0. The highest BCUT2D eigenvalue weighted by atomic mass is 16.5. The number of fused-ring (bicyclic) bond motifs is 1. The highest BCUT2D eigenvalue weighted by Gasteiger charge is 2.25. The van der Waals surface area contributed by atoms with Crippen molar-refractivity contribution in [3.8, 4) is 17.0 Å². The lowest BCUT2D eigenvalue weighted by Gasteiger charge is -2.36. The largest absolute Gasteiger partial charge is 0.495 e. The van der Waals surface area contributed by atoms with E-state index in [0.29, 0.717) is 13.1 Å². The number of benzene rings is 3. The zero-order valence-corrected chi connectivity index (χ0v) is 20.8. The number of aryl methyl sites for hydroxylation is 3. The maximum absolute atomic E-state index is 13.9. The molecule has 1 fully saturated rings. The maximum atomic E-state index is 13.9. The summed E-state index contributed by atoms with van der Waals surface area (Å²) in [5.41, 5.74) is 8.09. The van der Waals surface area contributed by atoms with Gasteiger partial charge in [0.2, 0.25) is 0 Å². The molecule has 0 saturated carbocycles. The molecule has 5 heteroatoms. The number of methoxy groups -OCH3 is 1. The Morgan fingerprint density at radius 1 is 0.857 bits per heavy atom. The summed E-state index contributed by atoms with van der Waals surface area (Å²) in [4.78, 5) is 23.0. The fraction of sp³-hybridized carbons (Fsp3) is 0.267. The van der Waals surface area contributed by atoms with Crippen molar-refractivity contribution < 1.29 is 9.53 Å². The van der Waals surface area contributed by atoms with Crippen molar-refractivity contribution >= 4 is 22.5 Å². The minimum absolute atomic E-state index is 0.0627. The molecule has 1 aliphatic heterocycles. The number of carbonyl (C=O) groups excluding carboxylic acids is 1. The number of aromatic nitrogens is 1. The second kappa shape index (κ2) is 9.41. The van der Waals surface area contributed by atoms with Crippen LogP contribution in [0.5, 0.6) is 5.75 Å². The number of ether oxygens (including phenoxy) is 1.